The first kappa shape index (κ1) is 39.3. The van der Waals surface area contributed by atoms with Crippen molar-refractivity contribution in [2.24, 2.45) is 0 Å². The molecule has 8 nitrogen and oxygen atoms in total. The van der Waals surface area contributed by atoms with E-state index < -0.39 is 47.1 Å². The van der Waals surface area contributed by atoms with E-state index in [4.69, 9.17) is 24.4 Å². The van der Waals surface area contributed by atoms with Gasteiger partial charge in [-0.1, -0.05) is 85.1 Å². The molecule has 0 radical (unpaired) electrons. The zero-order valence-corrected chi connectivity index (χ0v) is 29.4. The summed E-state index contributed by atoms with van der Waals surface area (Å²) in [6.45, 7) is 0.449. The van der Waals surface area contributed by atoms with Crippen molar-refractivity contribution in [3.05, 3.63) is 69.5 Å². The molecule has 18 heteroatoms. The predicted molar refractivity (Wildman–Crippen MR) is 188 cm³/mol. The third-order valence-electron chi connectivity index (χ3n) is 7.49. The van der Waals surface area contributed by atoms with E-state index in [1.165, 1.54) is 46.2 Å². The highest BCUT2D eigenvalue weighted by Crippen LogP contribution is 2.42. The second-order valence-corrected chi connectivity index (χ2v) is 14.4. The van der Waals surface area contributed by atoms with E-state index in [0.29, 0.717) is 38.5 Å². The highest BCUT2D eigenvalue weighted by atomic mass is 32.2. The normalized spacial score (nSPS) is 16.8. The van der Waals surface area contributed by atoms with Crippen molar-refractivity contribution in [1.82, 2.24) is 9.80 Å². The van der Waals surface area contributed by atoms with Gasteiger partial charge in [-0.2, -0.15) is 26.3 Å². The first-order valence-electron chi connectivity index (χ1n) is 15.3. The molecular formula is C32H30F6N4O4S4. The van der Waals surface area contributed by atoms with Crippen LogP contribution in [-0.4, -0.2) is 55.2 Å². The number of hydrogen-bond acceptors (Lipinski definition) is 8. The molecule has 0 aromatic heterocycles. The van der Waals surface area contributed by atoms with Gasteiger partial charge in [0, 0.05) is 25.9 Å². The van der Waals surface area contributed by atoms with Crippen LogP contribution in [0.1, 0.15) is 62.5 Å². The standard InChI is InChI=1S/C32H30F6N4O4S4/c33-31(34,35)19-11-5-7-13-21(19)39-23(43)15-3-1-9-17-41-27(45)25(49-29(41)47)26-28(46)42(30(48)50-26)18-10-2-4-16-24(44)40-22-14-8-6-12-20(22)32(36,37)38/h5-8,11-14H,1-4,9-10,15-18H2,(H,39,43)(H,40,44). The lowest BCUT2D eigenvalue weighted by molar-refractivity contribution is -0.138. The molecule has 0 saturated carbocycles. The number of hydrogen-bond donors (Lipinski definition) is 2. The molecule has 0 bridgehead atoms. The summed E-state index contributed by atoms with van der Waals surface area (Å²) in [5.41, 5.74) is -2.50. The van der Waals surface area contributed by atoms with Crippen LogP contribution in [0.15, 0.2) is 58.3 Å². The molecule has 268 valence electrons. The fraction of sp³-hybridized carbons (Fsp3) is 0.375. The number of benzene rings is 2. The highest BCUT2D eigenvalue weighted by Gasteiger charge is 2.42. The number of unbranched alkanes of at least 4 members (excludes halogenated alkanes) is 4. The lowest BCUT2D eigenvalue weighted by Crippen LogP contribution is -2.31. The van der Waals surface area contributed by atoms with Crippen LogP contribution in [0, 0.1) is 0 Å². The van der Waals surface area contributed by atoms with Gasteiger partial charge in [0.25, 0.3) is 11.8 Å². The van der Waals surface area contributed by atoms with E-state index in [1.54, 1.807) is 0 Å². The lowest BCUT2D eigenvalue weighted by Gasteiger charge is -2.15. The quantitative estimate of drug-likeness (QED) is 0.0856. The number of thioether (sulfide) groups is 2. The number of rotatable bonds is 14. The second-order valence-electron chi connectivity index (χ2n) is 11.1. The first-order chi connectivity index (χ1) is 23.6. The van der Waals surface area contributed by atoms with Crippen molar-refractivity contribution in [1.29, 1.82) is 0 Å². The van der Waals surface area contributed by atoms with Gasteiger partial charge in [0.2, 0.25) is 11.8 Å². The predicted octanol–water partition coefficient (Wildman–Crippen LogP) is 8.35. The molecule has 0 atom stereocenters. The van der Waals surface area contributed by atoms with E-state index >= 15 is 0 Å². The van der Waals surface area contributed by atoms with Crippen LogP contribution in [0.5, 0.6) is 0 Å². The van der Waals surface area contributed by atoms with E-state index in [-0.39, 0.29) is 55.8 Å². The summed E-state index contributed by atoms with van der Waals surface area (Å²) in [7, 11) is 0. The molecule has 50 heavy (non-hydrogen) atoms. The Labute approximate surface area is 302 Å². The Morgan fingerprint density at radius 2 is 0.960 bits per heavy atom. The van der Waals surface area contributed by atoms with Crippen LogP contribution >= 0.6 is 48.0 Å². The minimum absolute atomic E-state index is 0.0171. The third kappa shape index (κ3) is 10.3. The maximum atomic E-state index is 13.2. The largest absolute Gasteiger partial charge is 0.418 e. The van der Waals surface area contributed by atoms with Crippen molar-refractivity contribution < 1.29 is 45.5 Å². The van der Waals surface area contributed by atoms with Crippen LogP contribution in [0.2, 0.25) is 0 Å². The first-order valence-corrected chi connectivity index (χ1v) is 17.8. The smallest absolute Gasteiger partial charge is 0.326 e. The average Bonchev–Trinajstić information content (AvgIpc) is 3.48. The van der Waals surface area contributed by atoms with Crippen molar-refractivity contribution >= 4 is 91.6 Å². The SMILES string of the molecule is O=C(CCCCCN1C(=O)C(=C2SC(=S)N(CCCCCC(=O)Nc3ccccc3C(F)(F)F)C2=O)SC1=S)Nc1ccccc1C(F)(F)F. The molecule has 4 rings (SSSR count). The summed E-state index contributed by atoms with van der Waals surface area (Å²) in [5, 5.41) is 4.60. The number of halogens is 6. The molecule has 0 spiro atoms. The second kappa shape index (κ2) is 17.2. The van der Waals surface area contributed by atoms with E-state index in [9.17, 15) is 45.5 Å². The number of para-hydroxylation sites is 2. The van der Waals surface area contributed by atoms with Gasteiger partial charge in [-0.3, -0.25) is 29.0 Å². The van der Waals surface area contributed by atoms with Gasteiger partial charge in [0.1, 0.15) is 8.64 Å². The minimum Gasteiger partial charge on any atom is -0.326 e. The van der Waals surface area contributed by atoms with Gasteiger partial charge in [-0.25, -0.2) is 0 Å². The monoisotopic (exact) mass is 776 g/mol. The van der Waals surface area contributed by atoms with Gasteiger partial charge in [0.15, 0.2) is 0 Å². The van der Waals surface area contributed by atoms with Crippen LogP contribution in [0.25, 0.3) is 0 Å². The molecule has 4 amide bonds. The summed E-state index contributed by atoms with van der Waals surface area (Å²) >= 11 is 12.7. The summed E-state index contributed by atoms with van der Waals surface area (Å²) in [5.74, 6) is -2.02. The third-order valence-corrected chi connectivity index (χ3v) is 10.5. The van der Waals surface area contributed by atoms with Crippen LogP contribution in [0.4, 0.5) is 37.7 Å². The molecule has 2 saturated heterocycles. The van der Waals surface area contributed by atoms with Gasteiger partial charge >= 0.3 is 12.4 Å². The molecule has 2 aromatic rings. The Balaban J connectivity index is 1.19. The van der Waals surface area contributed by atoms with Crippen LogP contribution in [-0.2, 0) is 31.5 Å². The Hall–Kier alpha value is -3.48. The molecule has 2 aliphatic heterocycles. The number of alkyl halides is 6. The number of amides is 4. The fourth-order valence-electron chi connectivity index (χ4n) is 5.02. The molecule has 2 aliphatic rings. The summed E-state index contributed by atoms with van der Waals surface area (Å²) in [4.78, 5) is 53.9. The molecule has 2 heterocycles. The molecular weight excluding hydrogens is 747 g/mol. The van der Waals surface area contributed by atoms with Crippen molar-refractivity contribution in [2.45, 2.75) is 63.7 Å². The minimum atomic E-state index is -4.61. The number of nitrogens with zero attached hydrogens (tertiary/aromatic N) is 2. The van der Waals surface area contributed by atoms with Crippen molar-refractivity contribution in [3.8, 4) is 0 Å². The molecule has 0 unspecified atom stereocenters. The zero-order chi connectivity index (χ0) is 36.6. The number of nitrogens with one attached hydrogen (secondary N) is 2. The van der Waals surface area contributed by atoms with Gasteiger partial charge in [0.05, 0.1) is 32.3 Å². The number of thiocarbonyl (C=S) groups is 2. The van der Waals surface area contributed by atoms with Crippen molar-refractivity contribution in [3.63, 3.8) is 0 Å². The Morgan fingerprint density at radius 1 is 0.600 bits per heavy atom. The van der Waals surface area contributed by atoms with Crippen LogP contribution in [0.3, 0.4) is 0 Å². The van der Waals surface area contributed by atoms with Crippen LogP contribution < -0.4 is 10.6 Å². The summed E-state index contributed by atoms with van der Waals surface area (Å²) in [6.07, 6.45) is -6.62. The van der Waals surface area contributed by atoms with Crippen molar-refractivity contribution in [2.75, 3.05) is 23.7 Å². The highest BCUT2D eigenvalue weighted by molar-refractivity contribution is 8.29. The van der Waals surface area contributed by atoms with Gasteiger partial charge in [-0.15, -0.1) is 0 Å². The fourth-order valence-corrected chi connectivity index (χ4v) is 7.80. The maximum absolute atomic E-state index is 13.2. The Kier molecular flexibility index (Phi) is 13.5. The van der Waals surface area contributed by atoms with E-state index in [1.807, 2.05) is 0 Å². The maximum Gasteiger partial charge on any atom is 0.418 e. The Bertz CT molecular complexity index is 1580. The number of carbonyl (C=O) groups excluding carboxylic acids is 4. The van der Waals surface area contributed by atoms with Gasteiger partial charge < -0.3 is 10.6 Å². The lowest BCUT2D eigenvalue weighted by atomic mass is 10.1. The average molecular weight is 777 g/mol. The number of carbonyl (C=O) groups is 4. The molecule has 2 fully saturated rings. The van der Waals surface area contributed by atoms with E-state index in [2.05, 4.69) is 10.6 Å². The zero-order valence-electron chi connectivity index (χ0n) is 26.1. The molecule has 2 aromatic carbocycles. The summed E-state index contributed by atoms with van der Waals surface area (Å²) in [6, 6.07) is 9.41. The number of anilines is 2. The topological polar surface area (TPSA) is 98.8 Å². The molecule has 2 N–H and O–H groups in total. The Morgan fingerprint density at radius 3 is 1.32 bits per heavy atom. The summed E-state index contributed by atoms with van der Waals surface area (Å²) < 4.78 is 79.5. The van der Waals surface area contributed by atoms with E-state index in [0.717, 1.165) is 35.7 Å². The van der Waals surface area contributed by atoms with Gasteiger partial charge in [-0.05, 0) is 49.9 Å². The molecule has 0 aliphatic carbocycles.